The molecule has 1 aromatic heterocycles. The molecule has 1 aliphatic carbocycles. The summed E-state index contributed by atoms with van der Waals surface area (Å²) in [6, 6.07) is 5.38. The largest absolute Gasteiger partial charge is 0.384 e. The lowest BCUT2D eigenvalue weighted by Gasteiger charge is -2.14. The third-order valence-electron chi connectivity index (χ3n) is 2.45. The maximum Gasteiger partial charge on any atom is 0.242 e. The van der Waals surface area contributed by atoms with E-state index in [1.807, 2.05) is 6.92 Å². The number of anilines is 2. The van der Waals surface area contributed by atoms with E-state index in [0.717, 1.165) is 12.8 Å². The van der Waals surface area contributed by atoms with Crippen LogP contribution in [0.5, 0.6) is 0 Å². The van der Waals surface area contributed by atoms with E-state index in [1.165, 1.54) is 0 Å². The third-order valence-corrected chi connectivity index (χ3v) is 2.45. The van der Waals surface area contributed by atoms with E-state index in [-0.39, 0.29) is 11.9 Å². The van der Waals surface area contributed by atoms with Crippen molar-refractivity contribution in [1.82, 2.24) is 10.3 Å². The number of nitrogens with one attached hydrogen (secondary N) is 2. The molecule has 2 rings (SSSR count). The Kier molecular flexibility index (Phi) is 2.94. The molecule has 1 heterocycles. The first kappa shape index (κ1) is 10.7. The van der Waals surface area contributed by atoms with Crippen LogP contribution in [-0.4, -0.2) is 23.0 Å². The number of hydrogen-bond acceptors (Lipinski definition) is 4. The number of carbonyl (C=O) groups excluding carboxylic acids is 1. The number of nitrogens with zero attached hydrogens (tertiary/aromatic N) is 1. The molecular weight excluding hydrogens is 204 g/mol. The van der Waals surface area contributed by atoms with Crippen molar-refractivity contribution in [1.29, 1.82) is 0 Å². The zero-order valence-corrected chi connectivity index (χ0v) is 9.23. The molecule has 86 valence electrons. The Morgan fingerprint density at radius 3 is 2.94 bits per heavy atom. The van der Waals surface area contributed by atoms with E-state index in [0.29, 0.717) is 17.7 Å². The van der Waals surface area contributed by atoms with E-state index >= 15 is 0 Å². The molecule has 0 saturated heterocycles. The summed E-state index contributed by atoms with van der Waals surface area (Å²) in [5.74, 6) is 1.07. The van der Waals surface area contributed by atoms with Gasteiger partial charge in [-0.3, -0.25) is 4.79 Å². The fourth-order valence-electron chi connectivity index (χ4n) is 1.37. The van der Waals surface area contributed by atoms with Crippen LogP contribution in [0.15, 0.2) is 18.2 Å². The first-order valence-electron chi connectivity index (χ1n) is 5.44. The van der Waals surface area contributed by atoms with Crippen molar-refractivity contribution in [3.63, 3.8) is 0 Å². The van der Waals surface area contributed by atoms with Crippen LogP contribution < -0.4 is 16.4 Å². The average Bonchev–Trinajstić information content (AvgIpc) is 3.01. The van der Waals surface area contributed by atoms with E-state index in [9.17, 15) is 4.79 Å². The Balaban J connectivity index is 1.90. The lowest BCUT2D eigenvalue weighted by Crippen LogP contribution is -2.38. The highest BCUT2D eigenvalue weighted by Crippen LogP contribution is 2.18. The summed E-state index contributed by atoms with van der Waals surface area (Å²) < 4.78 is 0. The van der Waals surface area contributed by atoms with Gasteiger partial charge < -0.3 is 16.4 Å². The highest BCUT2D eigenvalue weighted by Gasteiger charge is 2.25. The number of rotatable bonds is 4. The van der Waals surface area contributed by atoms with Crippen LogP contribution in [-0.2, 0) is 4.79 Å². The summed E-state index contributed by atoms with van der Waals surface area (Å²) in [5, 5.41) is 5.94. The van der Waals surface area contributed by atoms with Crippen molar-refractivity contribution in [3.05, 3.63) is 18.2 Å². The number of hydrogen-bond donors (Lipinski definition) is 3. The number of pyridine rings is 1. The van der Waals surface area contributed by atoms with Crippen LogP contribution in [0, 0.1) is 0 Å². The fraction of sp³-hybridized carbons (Fsp3) is 0.455. The third kappa shape index (κ3) is 2.85. The molecular formula is C11H16N4O. The van der Waals surface area contributed by atoms with Gasteiger partial charge in [-0.1, -0.05) is 6.07 Å². The molecule has 0 bridgehead atoms. The van der Waals surface area contributed by atoms with E-state index in [4.69, 9.17) is 5.73 Å². The van der Waals surface area contributed by atoms with Crippen molar-refractivity contribution in [3.8, 4) is 0 Å². The van der Waals surface area contributed by atoms with Crippen molar-refractivity contribution in [2.45, 2.75) is 31.8 Å². The number of aromatic nitrogens is 1. The summed E-state index contributed by atoms with van der Waals surface area (Å²) in [4.78, 5) is 15.7. The van der Waals surface area contributed by atoms with Crippen molar-refractivity contribution >= 4 is 17.5 Å². The lowest BCUT2D eigenvalue weighted by atomic mass is 10.3. The molecule has 5 nitrogen and oxygen atoms in total. The van der Waals surface area contributed by atoms with Gasteiger partial charge in [0.15, 0.2) is 0 Å². The molecule has 0 spiro atoms. The predicted molar refractivity (Wildman–Crippen MR) is 62.9 cm³/mol. The smallest absolute Gasteiger partial charge is 0.242 e. The number of carbonyl (C=O) groups is 1. The van der Waals surface area contributed by atoms with Crippen molar-refractivity contribution < 1.29 is 4.79 Å². The van der Waals surface area contributed by atoms with Gasteiger partial charge in [-0.05, 0) is 31.9 Å². The maximum absolute atomic E-state index is 11.7. The minimum atomic E-state index is -0.296. The lowest BCUT2D eigenvalue weighted by molar-refractivity contribution is -0.121. The highest BCUT2D eigenvalue weighted by atomic mass is 16.2. The van der Waals surface area contributed by atoms with Crippen LogP contribution in [0.3, 0.4) is 0 Å². The minimum absolute atomic E-state index is 0.00623. The molecule has 16 heavy (non-hydrogen) atoms. The predicted octanol–water partition coefficient (Wildman–Crippen LogP) is 0.743. The molecule has 1 aromatic rings. The van der Waals surface area contributed by atoms with Crippen molar-refractivity contribution in [2.24, 2.45) is 0 Å². The molecule has 4 N–H and O–H groups in total. The number of amides is 1. The van der Waals surface area contributed by atoms with Gasteiger partial charge in [0, 0.05) is 6.04 Å². The normalized spacial score (nSPS) is 16.6. The van der Waals surface area contributed by atoms with Crippen LogP contribution in [0.25, 0.3) is 0 Å². The second-order valence-electron chi connectivity index (χ2n) is 4.10. The summed E-state index contributed by atoms with van der Waals surface area (Å²) in [7, 11) is 0. The van der Waals surface area contributed by atoms with Gasteiger partial charge in [0.1, 0.15) is 17.7 Å². The Morgan fingerprint density at radius 1 is 1.56 bits per heavy atom. The van der Waals surface area contributed by atoms with Gasteiger partial charge in [0.2, 0.25) is 5.91 Å². The van der Waals surface area contributed by atoms with Gasteiger partial charge in [-0.15, -0.1) is 0 Å². The first-order valence-corrected chi connectivity index (χ1v) is 5.44. The van der Waals surface area contributed by atoms with Crippen LogP contribution in [0.4, 0.5) is 11.6 Å². The Hall–Kier alpha value is -1.78. The van der Waals surface area contributed by atoms with E-state index in [1.54, 1.807) is 18.2 Å². The second kappa shape index (κ2) is 4.38. The molecule has 1 aliphatic rings. The van der Waals surface area contributed by atoms with Gasteiger partial charge in [-0.2, -0.15) is 0 Å². The van der Waals surface area contributed by atoms with Gasteiger partial charge in [-0.25, -0.2) is 4.98 Å². The molecule has 1 fully saturated rings. The SMILES string of the molecule is CC(Nc1cccc(N)n1)C(=O)NC1CC1. The van der Waals surface area contributed by atoms with Crippen molar-refractivity contribution in [2.75, 3.05) is 11.1 Å². The molecule has 1 unspecified atom stereocenters. The topological polar surface area (TPSA) is 80.0 Å². The minimum Gasteiger partial charge on any atom is -0.384 e. The summed E-state index contributed by atoms with van der Waals surface area (Å²) >= 11 is 0. The summed E-state index contributed by atoms with van der Waals surface area (Å²) in [5.41, 5.74) is 5.55. The zero-order valence-electron chi connectivity index (χ0n) is 9.23. The maximum atomic E-state index is 11.7. The average molecular weight is 220 g/mol. The number of nitrogen functional groups attached to an aromatic ring is 1. The monoisotopic (exact) mass is 220 g/mol. The molecule has 1 saturated carbocycles. The van der Waals surface area contributed by atoms with Crippen LogP contribution in [0.1, 0.15) is 19.8 Å². The second-order valence-corrected chi connectivity index (χ2v) is 4.10. The Morgan fingerprint density at radius 2 is 2.31 bits per heavy atom. The van der Waals surface area contributed by atoms with Crippen LogP contribution in [0.2, 0.25) is 0 Å². The quantitative estimate of drug-likeness (QED) is 0.699. The molecule has 1 atom stereocenters. The zero-order chi connectivity index (χ0) is 11.5. The first-order chi connectivity index (χ1) is 7.65. The molecule has 0 aliphatic heterocycles. The number of nitrogens with two attached hydrogens (primary N) is 1. The van der Waals surface area contributed by atoms with Gasteiger partial charge >= 0.3 is 0 Å². The fourth-order valence-corrected chi connectivity index (χ4v) is 1.37. The molecule has 1 amide bonds. The highest BCUT2D eigenvalue weighted by molar-refractivity contribution is 5.84. The van der Waals surface area contributed by atoms with Gasteiger partial charge in [0.25, 0.3) is 0 Å². The summed E-state index contributed by atoms with van der Waals surface area (Å²) in [6.45, 7) is 1.81. The molecule has 0 aromatic carbocycles. The Labute approximate surface area is 94.4 Å². The van der Waals surface area contributed by atoms with E-state index < -0.39 is 0 Å². The molecule has 5 heteroatoms. The van der Waals surface area contributed by atoms with Gasteiger partial charge in [0.05, 0.1) is 0 Å². The Bertz CT molecular complexity index is 389. The summed E-state index contributed by atoms with van der Waals surface area (Å²) in [6.07, 6.45) is 2.18. The van der Waals surface area contributed by atoms with Crippen LogP contribution >= 0.6 is 0 Å². The molecule has 0 radical (unpaired) electrons. The standard InChI is InChI=1S/C11H16N4O/c1-7(11(16)14-8-5-6-8)13-10-4-2-3-9(12)15-10/h2-4,7-8H,5-6H2,1H3,(H,14,16)(H3,12,13,15). The van der Waals surface area contributed by atoms with E-state index in [2.05, 4.69) is 15.6 Å².